The first-order chi connectivity index (χ1) is 12.1. The van der Waals surface area contributed by atoms with Crippen molar-refractivity contribution >= 4 is 21.6 Å². The van der Waals surface area contributed by atoms with Gasteiger partial charge < -0.3 is 5.32 Å². The minimum Gasteiger partial charge on any atom is -0.322 e. The van der Waals surface area contributed by atoms with Crippen molar-refractivity contribution in [3.05, 3.63) is 59.7 Å². The van der Waals surface area contributed by atoms with Crippen LogP contribution in [0.4, 0.5) is 18.9 Å². The standard InChI is InChI=1S/C17H17F3N2O3S/c1-2-10-21-26(24,25)15-8-6-12(7-9-15)16(23)22-14-5-3-4-13(11-14)17(18,19)20/h3-9,11,21H,2,10H2,1H3,(H,22,23). The number of hydrogen-bond donors (Lipinski definition) is 2. The number of benzene rings is 2. The Kier molecular flexibility index (Phi) is 6.04. The quantitative estimate of drug-likeness (QED) is 0.796. The van der Waals surface area contributed by atoms with E-state index < -0.39 is 27.7 Å². The molecule has 2 N–H and O–H groups in total. The summed E-state index contributed by atoms with van der Waals surface area (Å²) in [5.41, 5.74) is -0.762. The number of amides is 1. The van der Waals surface area contributed by atoms with Crippen LogP contribution in [-0.4, -0.2) is 20.9 Å². The van der Waals surface area contributed by atoms with Crippen LogP contribution in [0.1, 0.15) is 29.3 Å². The van der Waals surface area contributed by atoms with Gasteiger partial charge in [-0.2, -0.15) is 13.2 Å². The van der Waals surface area contributed by atoms with Crippen LogP contribution in [0.2, 0.25) is 0 Å². The van der Waals surface area contributed by atoms with E-state index in [1.165, 1.54) is 36.4 Å². The van der Waals surface area contributed by atoms with Crippen molar-refractivity contribution in [3.8, 4) is 0 Å². The van der Waals surface area contributed by atoms with Crippen molar-refractivity contribution in [2.24, 2.45) is 0 Å². The van der Waals surface area contributed by atoms with Gasteiger partial charge >= 0.3 is 6.18 Å². The second-order valence-corrected chi connectivity index (χ2v) is 7.22. The van der Waals surface area contributed by atoms with Gasteiger partial charge in [0.05, 0.1) is 10.5 Å². The Labute approximate surface area is 149 Å². The zero-order valence-electron chi connectivity index (χ0n) is 13.8. The Balaban J connectivity index is 2.14. The van der Waals surface area contributed by atoms with Gasteiger partial charge in [0, 0.05) is 17.8 Å². The molecule has 5 nitrogen and oxygen atoms in total. The molecule has 0 aliphatic rings. The molecule has 0 aromatic heterocycles. The largest absolute Gasteiger partial charge is 0.416 e. The van der Waals surface area contributed by atoms with Crippen molar-refractivity contribution < 1.29 is 26.4 Å². The molecule has 2 aromatic rings. The van der Waals surface area contributed by atoms with Gasteiger partial charge in [0.2, 0.25) is 10.0 Å². The van der Waals surface area contributed by atoms with E-state index >= 15 is 0 Å². The van der Waals surface area contributed by atoms with Gasteiger partial charge in [-0.05, 0) is 48.9 Å². The third kappa shape index (κ3) is 5.06. The number of hydrogen-bond acceptors (Lipinski definition) is 3. The monoisotopic (exact) mass is 386 g/mol. The molecule has 0 fully saturated rings. The van der Waals surface area contributed by atoms with E-state index in [-0.39, 0.29) is 16.1 Å². The maximum Gasteiger partial charge on any atom is 0.416 e. The summed E-state index contributed by atoms with van der Waals surface area (Å²) in [6.45, 7) is 2.11. The van der Waals surface area contributed by atoms with E-state index in [1.54, 1.807) is 0 Å². The smallest absolute Gasteiger partial charge is 0.322 e. The molecular formula is C17H17F3N2O3S. The molecule has 26 heavy (non-hydrogen) atoms. The van der Waals surface area contributed by atoms with Gasteiger partial charge in [-0.25, -0.2) is 13.1 Å². The van der Waals surface area contributed by atoms with Crippen LogP contribution in [0, 0.1) is 0 Å². The number of carbonyl (C=O) groups excluding carboxylic acids is 1. The second-order valence-electron chi connectivity index (χ2n) is 5.45. The highest BCUT2D eigenvalue weighted by Crippen LogP contribution is 2.30. The van der Waals surface area contributed by atoms with Crippen molar-refractivity contribution in [3.63, 3.8) is 0 Å². The summed E-state index contributed by atoms with van der Waals surface area (Å²) in [7, 11) is -3.65. The third-order valence-electron chi connectivity index (χ3n) is 3.42. The molecule has 0 bridgehead atoms. The van der Waals surface area contributed by atoms with E-state index in [4.69, 9.17) is 0 Å². The molecule has 0 saturated carbocycles. The van der Waals surface area contributed by atoms with Crippen LogP contribution in [0.15, 0.2) is 53.4 Å². The summed E-state index contributed by atoms with van der Waals surface area (Å²) >= 11 is 0. The van der Waals surface area contributed by atoms with E-state index in [9.17, 15) is 26.4 Å². The van der Waals surface area contributed by atoms with Crippen LogP contribution < -0.4 is 10.0 Å². The highest BCUT2D eigenvalue weighted by molar-refractivity contribution is 7.89. The van der Waals surface area contributed by atoms with Crippen LogP contribution in [0.25, 0.3) is 0 Å². The lowest BCUT2D eigenvalue weighted by atomic mass is 10.1. The van der Waals surface area contributed by atoms with Gasteiger partial charge in [0.1, 0.15) is 0 Å². The molecule has 0 aliphatic heterocycles. The summed E-state index contributed by atoms with van der Waals surface area (Å²) in [5, 5.41) is 2.36. The van der Waals surface area contributed by atoms with Gasteiger partial charge in [0.25, 0.3) is 5.91 Å². The van der Waals surface area contributed by atoms with Crippen LogP contribution >= 0.6 is 0 Å². The topological polar surface area (TPSA) is 75.3 Å². The lowest BCUT2D eigenvalue weighted by Crippen LogP contribution is -2.24. The number of rotatable bonds is 6. The lowest BCUT2D eigenvalue weighted by molar-refractivity contribution is -0.137. The van der Waals surface area contributed by atoms with E-state index in [0.717, 1.165) is 12.1 Å². The number of sulfonamides is 1. The van der Waals surface area contributed by atoms with Gasteiger partial charge in [-0.1, -0.05) is 13.0 Å². The molecule has 0 atom stereocenters. The first kappa shape index (κ1) is 19.9. The van der Waals surface area contributed by atoms with Crippen molar-refractivity contribution in [1.82, 2.24) is 4.72 Å². The summed E-state index contributed by atoms with van der Waals surface area (Å²) in [6.07, 6.45) is -3.88. The lowest BCUT2D eigenvalue weighted by Gasteiger charge is -2.10. The molecule has 1 amide bonds. The van der Waals surface area contributed by atoms with E-state index in [0.29, 0.717) is 13.0 Å². The Morgan fingerprint density at radius 1 is 1.08 bits per heavy atom. The molecular weight excluding hydrogens is 369 g/mol. The average molecular weight is 386 g/mol. The third-order valence-corrected chi connectivity index (χ3v) is 4.89. The molecule has 2 rings (SSSR count). The fraction of sp³-hybridized carbons (Fsp3) is 0.235. The Morgan fingerprint density at radius 3 is 2.31 bits per heavy atom. The number of halogens is 3. The van der Waals surface area contributed by atoms with E-state index in [2.05, 4.69) is 10.0 Å². The Hall–Kier alpha value is -2.39. The highest BCUT2D eigenvalue weighted by atomic mass is 32.2. The van der Waals surface area contributed by atoms with Crippen LogP contribution in [0.3, 0.4) is 0 Å². The average Bonchev–Trinajstić information content (AvgIpc) is 2.59. The summed E-state index contributed by atoms with van der Waals surface area (Å²) < 4.78 is 64.4. The fourth-order valence-corrected chi connectivity index (χ4v) is 3.22. The number of alkyl halides is 3. The zero-order chi connectivity index (χ0) is 19.4. The molecule has 0 saturated heterocycles. The van der Waals surface area contributed by atoms with Crippen LogP contribution in [-0.2, 0) is 16.2 Å². The van der Waals surface area contributed by atoms with Crippen LogP contribution in [0.5, 0.6) is 0 Å². The number of carbonyl (C=O) groups is 1. The number of anilines is 1. The minimum absolute atomic E-state index is 0.00145. The molecule has 9 heteroatoms. The Morgan fingerprint density at radius 2 is 1.73 bits per heavy atom. The predicted molar refractivity (Wildman–Crippen MR) is 91.3 cm³/mol. The molecule has 2 aromatic carbocycles. The molecule has 140 valence electrons. The van der Waals surface area contributed by atoms with Crippen molar-refractivity contribution in [1.29, 1.82) is 0 Å². The molecule has 0 aliphatic carbocycles. The van der Waals surface area contributed by atoms with Gasteiger partial charge in [-0.3, -0.25) is 4.79 Å². The van der Waals surface area contributed by atoms with Crippen molar-refractivity contribution in [2.45, 2.75) is 24.4 Å². The maximum atomic E-state index is 12.7. The van der Waals surface area contributed by atoms with E-state index in [1.807, 2.05) is 6.92 Å². The number of nitrogens with one attached hydrogen (secondary N) is 2. The first-order valence-electron chi connectivity index (χ1n) is 7.72. The van der Waals surface area contributed by atoms with Crippen molar-refractivity contribution in [2.75, 3.05) is 11.9 Å². The fourth-order valence-electron chi connectivity index (χ4n) is 2.08. The Bertz CT molecular complexity index is 879. The van der Waals surface area contributed by atoms with Gasteiger partial charge in [0.15, 0.2) is 0 Å². The second kappa shape index (κ2) is 7.88. The first-order valence-corrected chi connectivity index (χ1v) is 9.20. The molecule has 0 spiro atoms. The molecule has 0 radical (unpaired) electrons. The minimum atomic E-state index is -4.51. The summed E-state index contributed by atoms with van der Waals surface area (Å²) in [5.74, 6) is -0.644. The highest BCUT2D eigenvalue weighted by Gasteiger charge is 2.30. The molecule has 0 heterocycles. The maximum absolute atomic E-state index is 12.7. The summed E-state index contributed by atoms with van der Waals surface area (Å²) in [6, 6.07) is 9.36. The molecule has 0 unspecified atom stereocenters. The van der Waals surface area contributed by atoms with Gasteiger partial charge in [-0.15, -0.1) is 0 Å². The summed E-state index contributed by atoms with van der Waals surface area (Å²) in [4.78, 5) is 12.2. The zero-order valence-corrected chi connectivity index (χ0v) is 14.6. The normalized spacial score (nSPS) is 12.0. The predicted octanol–water partition coefficient (Wildman–Crippen LogP) is 3.65. The SMILES string of the molecule is CCCNS(=O)(=O)c1ccc(C(=O)Nc2cccc(C(F)(F)F)c2)cc1.